The molecular formula is C18H26N2O. The first-order valence-electron chi connectivity index (χ1n) is 8.04. The lowest BCUT2D eigenvalue weighted by Crippen LogP contribution is -2.56. The van der Waals surface area contributed by atoms with Crippen LogP contribution >= 0.6 is 0 Å². The van der Waals surface area contributed by atoms with Crippen molar-refractivity contribution in [2.24, 2.45) is 0 Å². The third-order valence-electron chi connectivity index (χ3n) is 5.09. The standard InChI is InChI=1S/C18H26N2O/c1-4-16-15(14-8-5-6-9-17(14)21-16)12-19-13-18(20(2)3)10-7-11-18/h5-6,8-9,19H,4,7,10-13H2,1-3H3. The average Bonchev–Trinajstić information content (AvgIpc) is 2.79. The molecule has 0 amide bonds. The second kappa shape index (κ2) is 5.82. The lowest BCUT2D eigenvalue weighted by Gasteiger charge is -2.47. The third kappa shape index (κ3) is 2.60. The summed E-state index contributed by atoms with van der Waals surface area (Å²) in [4.78, 5) is 2.39. The summed E-state index contributed by atoms with van der Waals surface area (Å²) >= 11 is 0. The van der Waals surface area contributed by atoms with Gasteiger partial charge in [-0.05, 0) is 39.4 Å². The maximum absolute atomic E-state index is 5.97. The summed E-state index contributed by atoms with van der Waals surface area (Å²) < 4.78 is 5.97. The molecule has 0 atom stereocenters. The zero-order chi connectivity index (χ0) is 14.9. The third-order valence-corrected chi connectivity index (χ3v) is 5.09. The van der Waals surface area contributed by atoms with Crippen LogP contribution in [0.3, 0.4) is 0 Å². The number of nitrogens with one attached hydrogen (secondary N) is 1. The van der Waals surface area contributed by atoms with Gasteiger partial charge in [-0.2, -0.15) is 0 Å². The van der Waals surface area contributed by atoms with Gasteiger partial charge in [0, 0.05) is 36.0 Å². The van der Waals surface area contributed by atoms with Gasteiger partial charge in [0.1, 0.15) is 11.3 Å². The Bertz CT molecular complexity index is 611. The van der Waals surface area contributed by atoms with Gasteiger partial charge in [0.25, 0.3) is 0 Å². The maximum atomic E-state index is 5.97. The first-order chi connectivity index (χ1) is 10.2. The fourth-order valence-corrected chi connectivity index (χ4v) is 3.42. The molecule has 1 heterocycles. The molecule has 1 aliphatic carbocycles. The van der Waals surface area contributed by atoms with E-state index in [1.807, 2.05) is 6.07 Å². The van der Waals surface area contributed by atoms with Crippen molar-refractivity contribution in [2.45, 2.75) is 44.7 Å². The number of nitrogens with zero attached hydrogens (tertiary/aromatic N) is 1. The van der Waals surface area contributed by atoms with E-state index in [0.717, 1.165) is 30.9 Å². The first-order valence-corrected chi connectivity index (χ1v) is 8.04. The average molecular weight is 286 g/mol. The molecule has 0 spiro atoms. The fourth-order valence-electron chi connectivity index (χ4n) is 3.42. The van der Waals surface area contributed by atoms with Crippen LogP contribution in [0.5, 0.6) is 0 Å². The Morgan fingerprint density at radius 2 is 2.00 bits per heavy atom. The second-order valence-corrected chi connectivity index (χ2v) is 6.43. The molecule has 3 nitrogen and oxygen atoms in total. The van der Waals surface area contributed by atoms with Crippen LogP contribution in [0.15, 0.2) is 28.7 Å². The highest BCUT2D eigenvalue weighted by atomic mass is 16.3. The van der Waals surface area contributed by atoms with Gasteiger partial charge in [0.05, 0.1) is 0 Å². The molecule has 3 heteroatoms. The molecule has 0 bridgehead atoms. The number of para-hydroxylation sites is 1. The number of furan rings is 1. The van der Waals surface area contributed by atoms with Crippen LogP contribution in [0.4, 0.5) is 0 Å². The Labute approximate surface area is 127 Å². The molecule has 114 valence electrons. The zero-order valence-electron chi connectivity index (χ0n) is 13.4. The van der Waals surface area contributed by atoms with E-state index in [4.69, 9.17) is 4.42 Å². The molecule has 21 heavy (non-hydrogen) atoms. The molecule has 0 saturated heterocycles. The van der Waals surface area contributed by atoms with Gasteiger partial charge < -0.3 is 14.6 Å². The minimum atomic E-state index is 0.367. The van der Waals surface area contributed by atoms with E-state index in [-0.39, 0.29) is 0 Å². The summed E-state index contributed by atoms with van der Waals surface area (Å²) in [6.07, 6.45) is 4.92. The number of hydrogen-bond acceptors (Lipinski definition) is 3. The predicted octanol–water partition coefficient (Wildman–Crippen LogP) is 3.57. The minimum Gasteiger partial charge on any atom is -0.461 e. The normalized spacial score (nSPS) is 17.3. The highest BCUT2D eigenvalue weighted by Crippen LogP contribution is 2.35. The summed E-state index contributed by atoms with van der Waals surface area (Å²) in [6.45, 7) is 4.12. The van der Waals surface area contributed by atoms with Gasteiger partial charge in [0.15, 0.2) is 0 Å². The van der Waals surface area contributed by atoms with Crippen molar-refractivity contribution in [3.63, 3.8) is 0 Å². The number of aryl methyl sites for hydroxylation is 1. The van der Waals surface area contributed by atoms with Crippen LogP contribution in [0.2, 0.25) is 0 Å². The molecule has 2 aromatic rings. The zero-order valence-corrected chi connectivity index (χ0v) is 13.4. The molecule has 1 aromatic carbocycles. The van der Waals surface area contributed by atoms with Crippen molar-refractivity contribution < 1.29 is 4.42 Å². The van der Waals surface area contributed by atoms with Crippen LogP contribution in [0.1, 0.15) is 37.5 Å². The number of likely N-dealkylation sites (N-methyl/N-ethyl adjacent to an activating group) is 1. The van der Waals surface area contributed by atoms with E-state index in [0.29, 0.717) is 5.54 Å². The molecule has 0 unspecified atom stereocenters. The predicted molar refractivity (Wildman–Crippen MR) is 87.6 cm³/mol. The van der Waals surface area contributed by atoms with Gasteiger partial charge in [-0.25, -0.2) is 0 Å². The van der Waals surface area contributed by atoms with Crippen LogP contribution in [-0.4, -0.2) is 31.1 Å². The van der Waals surface area contributed by atoms with Gasteiger partial charge in [-0.1, -0.05) is 25.1 Å². The van der Waals surface area contributed by atoms with Crippen LogP contribution < -0.4 is 5.32 Å². The van der Waals surface area contributed by atoms with Gasteiger partial charge >= 0.3 is 0 Å². The summed E-state index contributed by atoms with van der Waals surface area (Å²) in [7, 11) is 4.40. The lowest BCUT2D eigenvalue weighted by atomic mass is 9.75. The van der Waals surface area contributed by atoms with E-state index in [9.17, 15) is 0 Å². The van der Waals surface area contributed by atoms with Crippen LogP contribution in [0, 0.1) is 0 Å². The summed E-state index contributed by atoms with van der Waals surface area (Å²) in [5.41, 5.74) is 2.71. The van der Waals surface area contributed by atoms with E-state index >= 15 is 0 Å². The SMILES string of the molecule is CCc1oc2ccccc2c1CNCC1(N(C)C)CCC1. The van der Waals surface area contributed by atoms with E-state index in [1.165, 1.54) is 30.2 Å². The minimum absolute atomic E-state index is 0.367. The first kappa shape index (κ1) is 14.6. The van der Waals surface area contributed by atoms with Crippen LogP contribution in [0.25, 0.3) is 11.0 Å². The van der Waals surface area contributed by atoms with E-state index < -0.39 is 0 Å². The molecule has 1 fully saturated rings. The molecule has 1 N–H and O–H groups in total. The van der Waals surface area contributed by atoms with Crippen molar-refractivity contribution in [1.82, 2.24) is 10.2 Å². The summed E-state index contributed by atoms with van der Waals surface area (Å²) in [5, 5.41) is 4.94. The molecule has 0 radical (unpaired) electrons. The number of rotatable bonds is 6. The van der Waals surface area contributed by atoms with Crippen molar-refractivity contribution >= 4 is 11.0 Å². The van der Waals surface area contributed by atoms with Gasteiger partial charge in [-0.15, -0.1) is 0 Å². The Morgan fingerprint density at radius 3 is 2.62 bits per heavy atom. The highest BCUT2D eigenvalue weighted by molar-refractivity contribution is 5.82. The number of hydrogen-bond donors (Lipinski definition) is 1. The van der Waals surface area contributed by atoms with Gasteiger partial charge in [0.2, 0.25) is 0 Å². The quantitative estimate of drug-likeness (QED) is 0.880. The molecule has 1 aliphatic rings. The van der Waals surface area contributed by atoms with Gasteiger partial charge in [-0.3, -0.25) is 0 Å². The van der Waals surface area contributed by atoms with E-state index in [1.54, 1.807) is 0 Å². The molecular weight excluding hydrogens is 260 g/mol. The fraction of sp³-hybridized carbons (Fsp3) is 0.556. The Balaban J connectivity index is 1.73. The monoisotopic (exact) mass is 286 g/mol. The molecule has 1 saturated carbocycles. The molecule has 0 aliphatic heterocycles. The van der Waals surface area contributed by atoms with Crippen molar-refractivity contribution in [3.05, 3.63) is 35.6 Å². The summed E-state index contributed by atoms with van der Waals surface area (Å²) in [5.74, 6) is 1.12. The number of benzene rings is 1. The topological polar surface area (TPSA) is 28.4 Å². The van der Waals surface area contributed by atoms with Crippen molar-refractivity contribution in [1.29, 1.82) is 0 Å². The maximum Gasteiger partial charge on any atom is 0.134 e. The largest absolute Gasteiger partial charge is 0.461 e. The van der Waals surface area contributed by atoms with E-state index in [2.05, 4.69) is 49.4 Å². The smallest absolute Gasteiger partial charge is 0.134 e. The van der Waals surface area contributed by atoms with Crippen molar-refractivity contribution in [2.75, 3.05) is 20.6 Å². The Kier molecular flexibility index (Phi) is 4.05. The Morgan fingerprint density at radius 1 is 1.24 bits per heavy atom. The number of fused-ring (bicyclic) bond motifs is 1. The molecule has 3 rings (SSSR count). The van der Waals surface area contributed by atoms with Crippen molar-refractivity contribution in [3.8, 4) is 0 Å². The highest BCUT2D eigenvalue weighted by Gasteiger charge is 2.38. The molecule has 1 aromatic heterocycles. The second-order valence-electron chi connectivity index (χ2n) is 6.43. The summed E-state index contributed by atoms with van der Waals surface area (Å²) in [6, 6.07) is 8.36. The Hall–Kier alpha value is -1.32. The van der Waals surface area contributed by atoms with Crippen LogP contribution in [-0.2, 0) is 13.0 Å². The lowest BCUT2D eigenvalue weighted by molar-refractivity contribution is 0.0598.